The number of rotatable bonds is 3. The fourth-order valence-electron chi connectivity index (χ4n) is 3.25. The van der Waals surface area contributed by atoms with Crippen LogP contribution in [0.25, 0.3) is 0 Å². The van der Waals surface area contributed by atoms with Gasteiger partial charge in [0.1, 0.15) is 0 Å². The van der Waals surface area contributed by atoms with Crippen molar-refractivity contribution in [2.24, 2.45) is 5.92 Å². The molecule has 1 fully saturated rings. The first-order chi connectivity index (χ1) is 6.37. The van der Waals surface area contributed by atoms with Crippen molar-refractivity contribution in [3.8, 4) is 0 Å². The largest absolute Gasteiger partial charge is 0.307 e. The number of piperidine rings is 1. The van der Waals surface area contributed by atoms with E-state index in [-0.39, 0.29) is 0 Å². The third kappa shape index (κ3) is 3.43. The highest BCUT2D eigenvalue weighted by molar-refractivity contribution is 6.17. The maximum absolute atomic E-state index is 5.76. The van der Waals surface area contributed by atoms with Gasteiger partial charge >= 0.3 is 0 Å². The van der Waals surface area contributed by atoms with E-state index in [9.17, 15) is 0 Å². The molecule has 1 N–H and O–H groups in total. The van der Waals surface area contributed by atoms with E-state index in [1.807, 2.05) is 0 Å². The van der Waals surface area contributed by atoms with Crippen LogP contribution in [0, 0.1) is 5.92 Å². The molecule has 0 radical (unpaired) electrons. The van der Waals surface area contributed by atoms with Gasteiger partial charge in [0.2, 0.25) is 0 Å². The summed E-state index contributed by atoms with van der Waals surface area (Å²) in [5.74, 6) is 1.61. The van der Waals surface area contributed by atoms with Crippen LogP contribution in [0.1, 0.15) is 53.4 Å². The highest BCUT2D eigenvalue weighted by Crippen LogP contribution is 2.35. The first-order valence-electron chi connectivity index (χ1n) is 5.72. The number of hydrogen-bond acceptors (Lipinski definition) is 1. The second-order valence-corrected chi connectivity index (χ2v) is 6.25. The minimum atomic E-state index is 0.290. The summed E-state index contributed by atoms with van der Waals surface area (Å²) in [6.07, 6.45) is 4.88. The molecular weight excluding hydrogens is 194 g/mol. The van der Waals surface area contributed by atoms with Gasteiger partial charge in [-0.2, -0.15) is 0 Å². The Morgan fingerprint density at radius 2 is 1.93 bits per heavy atom. The van der Waals surface area contributed by atoms with Crippen LogP contribution in [0.15, 0.2) is 0 Å². The van der Waals surface area contributed by atoms with Crippen molar-refractivity contribution in [1.29, 1.82) is 0 Å². The average Bonchev–Trinajstić information content (AvgIpc) is 1.96. The summed E-state index contributed by atoms with van der Waals surface area (Å²) in [5.41, 5.74) is 0.592. The van der Waals surface area contributed by atoms with Crippen LogP contribution in [-0.2, 0) is 0 Å². The van der Waals surface area contributed by atoms with E-state index in [1.165, 1.54) is 19.3 Å². The molecule has 0 aromatic heterocycles. The first kappa shape index (κ1) is 12.3. The van der Waals surface area contributed by atoms with Crippen LogP contribution in [0.3, 0.4) is 0 Å². The molecule has 84 valence electrons. The number of halogens is 1. The summed E-state index contributed by atoms with van der Waals surface area (Å²) < 4.78 is 0. The number of hydrogen-bond donors (Lipinski definition) is 1. The zero-order valence-corrected chi connectivity index (χ0v) is 10.7. The van der Waals surface area contributed by atoms with E-state index in [2.05, 4.69) is 33.0 Å². The molecular formula is C12H24ClN. The van der Waals surface area contributed by atoms with Crippen molar-refractivity contribution in [2.45, 2.75) is 64.5 Å². The van der Waals surface area contributed by atoms with Crippen molar-refractivity contribution in [2.75, 3.05) is 5.88 Å². The highest BCUT2D eigenvalue weighted by atomic mass is 35.5. The van der Waals surface area contributed by atoms with E-state index >= 15 is 0 Å². The van der Waals surface area contributed by atoms with E-state index in [1.54, 1.807) is 0 Å². The standard InChI is InChI=1S/C12H24ClN/c1-10-8-11(2,3)14-12(4,9-10)6-5-7-13/h10,14H,5-9H2,1-4H3. The lowest BCUT2D eigenvalue weighted by molar-refractivity contribution is 0.117. The quantitative estimate of drug-likeness (QED) is 0.713. The van der Waals surface area contributed by atoms with E-state index in [0.717, 1.165) is 18.2 Å². The lowest BCUT2D eigenvalue weighted by atomic mass is 9.74. The van der Waals surface area contributed by atoms with Crippen molar-refractivity contribution in [1.82, 2.24) is 5.32 Å². The Morgan fingerprint density at radius 1 is 1.29 bits per heavy atom. The molecule has 0 saturated carbocycles. The van der Waals surface area contributed by atoms with E-state index < -0.39 is 0 Å². The Kier molecular flexibility index (Phi) is 3.87. The summed E-state index contributed by atoms with van der Waals surface area (Å²) in [7, 11) is 0. The number of nitrogens with one attached hydrogen (secondary N) is 1. The zero-order chi connectivity index (χ0) is 10.8. The third-order valence-electron chi connectivity index (χ3n) is 3.16. The normalized spacial score (nSPS) is 37.1. The van der Waals surface area contributed by atoms with Gasteiger partial charge in [0.15, 0.2) is 0 Å². The summed E-state index contributed by atoms with van der Waals surface area (Å²) in [6, 6.07) is 0. The van der Waals surface area contributed by atoms with Gasteiger partial charge in [-0.25, -0.2) is 0 Å². The Balaban J connectivity index is 2.59. The topological polar surface area (TPSA) is 12.0 Å². The van der Waals surface area contributed by atoms with E-state index in [0.29, 0.717) is 11.1 Å². The summed E-state index contributed by atoms with van der Waals surface area (Å²) in [6.45, 7) is 9.32. The lowest BCUT2D eigenvalue weighted by Gasteiger charge is -2.47. The maximum atomic E-state index is 5.76. The molecule has 1 aliphatic heterocycles. The summed E-state index contributed by atoms with van der Waals surface area (Å²) in [5, 5.41) is 3.78. The first-order valence-corrected chi connectivity index (χ1v) is 6.26. The Morgan fingerprint density at radius 3 is 2.43 bits per heavy atom. The fraction of sp³-hybridized carbons (Fsp3) is 1.00. The van der Waals surface area contributed by atoms with Crippen molar-refractivity contribution in [3.63, 3.8) is 0 Å². The lowest BCUT2D eigenvalue weighted by Crippen LogP contribution is -2.58. The molecule has 1 heterocycles. The highest BCUT2D eigenvalue weighted by Gasteiger charge is 2.38. The van der Waals surface area contributed by atoms with Gasteiger partial charge in [-0.15, -0.1) is 11.6 Å². The molecule has 14 heavy (non-hydrogen) atoms. The molecule has 1 saturated heterocycles. The van der Waals surface area contributed by atoms with Crippen LogP contribution >= 0.6 is 11.6 Å². The minimum absolute atomic E-state index is 0.290. The molecule has 0 amide bonds. The van der Waals surface area contributed by atoms with Gasteiger partial charge in [-0.05, 0) is 52.4 Å². The molecule has 0 aromatic carbocycles. The molecule has 2 unspecified atom stereocenters. The molecule has 0 bridgehead atoms. The molecule has 1 aliphatic rings. The number of alkyl halides is 1. The maximum Gasteiger partial charge on any atom is 0.0224 e. The van der Waals surface area contributed by atoms with Gasteiger partial charge in [0.05, 0.1) is 0 Å². The summed E-state index contributed by atoms with van der Waals surface area (Å²) in [4.78, 5) is 0. The smallest absolute Gasteiger partial charge is 0.0224 e. The minimum Gasteiger partial charge on any atom is -0.307 e. The Hall–Kier alpha value is 0.250. The van der Waals surface area contributed by atoms with Crippen LogP contribution in [-0.4, -0.2) is 17.0 Å². The molecule has 0 spiro atoms. The molecule has 2 heteroatoms. The van der Waals surface area contributed by atoms with Gasteiger partial charge in [0.25, 0.3) is 0 Å². The van der Waals surface area contributed by atoms with Gasteiger partial charge in [-0.1, -0.05) is 6.92 Å². The van der Waals surface area contributed by atoms with Crippen molar-refractivity contribution >= 4 is 11.6 Å². The van der Waals surface area contributed by atoms with Crippen molar-refractivity contribution < 1.29 is 0 Å². The molecule has 1 nitrogen and oxygen atoms in total. The predicted molar refractivity (Wildman–Crippen MR) is 64.0 cm³/mol. The third-order valence-corrected chi connectivity index (χ3v) is 3.43. The molecule has 2 atom stereocenters. The predicted octanol–water partition coefficient (Wildman–Crippen LogP) is 3.56. The fourth-order valence-corrected chi connectivity index (χ4v) is 3.39. The molecule has 1 rings (SSSR count). The van der Waals surface area contributed by atoms with Gasteiger partial charge in [-0.3, -0.25) is 0 Å². The molecule has 0 aromatic rings. The van der Waals surface area contributed by atoms with Gasteiger partial charge < -0.3 is 5.32 Å². The summed E-state index contributed by atoms with van der Waals surface area (Å²) >= 11 is 5.76. The second-order valence-electron chi connectivity index (χ2n) is 5.88. The Bertz CT molecular complexity index is 191. The second kappa shape index (κ2) is 4.40. The monoisotopic (exact) mass is 217 g/mol. The Labute approximate surface area is 93.6 Å². The molecule has 0 aliphatic carbocycles. The van der Waals surface area contributed by atoms with Crippen LogP contribution in [0.2, 0.25) is 0 Å². The SMILES string of the molecule is CC1CC(C)(C)NC(C)(CCCCl)C1. The van der Waals surface area contributed by atoms with Gasteiger partial charge in [0, 0.05) is 17.0 Å². The van der Waals surface area contributed by atoms with Crippen LogP contribution in [0.5, 0.6) is 0 Å². The van der Waals surface area contributed by atoms with Crippen LogP contribution in [0.4, 0.5) is 0 Å². The van der Waals surface area contributed by atoms with Crippen molar-refractivity contribution in [3.05, 3.63) is 0 Å². The zero-order valence-electron chi connectivity index (χ0n) is 9.99. The van der Waals surface area contributed by atoms with E-state index in [4.69, 9.17) is 11.6 Å². The van der Waals surface area contributed by atoms with Crippen LogP contribution < -0.4 is 5.32 Å². The average molecular weight is 218 g/mol.